The molecule has 0 radical (unpaired) electrons. The van der Waals surface area contributed by atoms with Gasteiger partial charge in [0.25, 0.3) is 0 Å². The molecule has 0 saturated carbocycles. The Balaban J connectivity index is 0. The predicted octanol–water partition coefficient (Wildman–Crippen LogP) is 4.04. The molecule has 0 aromatic carbocycles. The Morgan fingerprint density at radius 1 is 0.510 bits per heavy atom. The first-order chi connectivity index (χ1) is 23.0. The van der Waals surface area contributed by atoms with Gasteiger partial charge in [0.1, 0.15) is 12.2 Å². The van der Waals surface area contributed by atoms with Crippen LogP contribution in [0.4, 0.5) is 0 Å². The number of hydrogen-bond donors (Lipinski definition) is 3. The molecule has 0 bridgehead atoms. The molecule has 0 heterocycles. The summed E-state index contributed by atoms with van der Waals surface area (Å²) < 4.78 is 11.9. The number of carboxylic acids is 3. The number of ether oxygens (including phenoxy) is 2. The van der Waals surface area contributed by atoms with Crippen molar-refractivity contribution < 1.29 is 72.7 Å². The van der Waals surface area contributed by atoms with Gasteiger partial charge in [0.2, 0.25) is 0 Å². The second kappa shape index (κ2) is 34.4. The van der Waals surface area contributed by atoms with E-state index in [9.17, 15) is 34.2 Å². The van der Waals surface area contributed by atoms with Gasteiger partial charge < -0.3 is 34.7 Å². The Morgan fingerprint density at radius 2 is 0.878 bits per heavy atom. The standard InChI is InChI=1S/C37H66O11.Li/c1-2-3-4-15-22-30(38)29-32(48-37(46)28-21-14-8-12-19-26-35(43)44)31(23-16-9-7-11-18-25-34(41)42)47-36(45)27-20-13-6-5-10-17-24-33(39)40;/h30-32,38H,2-29H2,1H3,(H,39,40)(H,41,42)(H,43,44);/q;+1/p-1. The van der Waals surface area contributed by atoms with Gasteiger partial charge in [-0.2, -0.15) is 0 Å². The number of aliphatic hydroxyl groups is 1. The van der Waals surface area contributed by atoms with E-state index < -0.39 is 42.2 Å². The molecule has 11 nitrogen and oxygen atoms in total. The van der Waals surface area contributed by atoms with E-state index in [1.165, 1.54) is 0 Å². The number of hydrogen-bond acceptors (Lipinski definition) is 9. The molecule has 0 fully saturated rings. The number of aliphatic carboxylic acids is 3. The molecule has 0 amide bonds. The fraction of sp³-hybridized carbons (Fsp3) is 0.865. The summed E-state index contributed by atoms with van der Waals surface area (Å²) in [4.78, 5) is 58.0. The Labute approximate surface area is 306 Å². The third-order valence-corrected chi connectivity index (χ3v) is 8.54. The zero-order chi connectivity index (χ0) is 35.8. The maximum absolute atomic E-state index is 13.0. The van der Waals surface area contributed by atoms with Gasteiger partial charge in [0, 0.05) is 38.1 Å². The first-order valence-electron chi connectivity index (χ1n) is 18.8. The smallest absolute Gasteiger partial charge is 0.550 e. The van der Waals surface area contributed by atoms with E-state index in [-0.39, 0.29) is 63.4 Å². The van der Waals surface area contributed by atoms with Crippen molar-refractivity contribution >= 4 is 29.8 Å². The van der Waals surface area contributed by atoms with Gasteiger partial charge in [0.05, 0.1) is 6.10 Å². The van der Waals surface area contributed by atoms with Gasteiger partial charge in [-0.1, -0.05) is 96.8 Å². The number of unbranched alkanes of at least 4 members (excludes halogenated alkanes) is 16. The molecule has 0 aliphatic carbocycles. The normalized spacial score (nSPS) is 12.8. The van der Waals surface area contributed by atoms with E-state index in [1.807, 2.05) is 0 Å². The van der Waals surface area contributed by atoms with Gasteiger partial charge >= 0.3 is 42.7 Å². The van der Waals surface area contributed by atoms with Crippen LogP contribution < -0.4 is 24.0 Å². The Hall–Kier alpha value is -2.09. The number of aliphatic hydroxyl groups excluding tert-OH is 1. The number of esters is 2. The summed E-state index contributed by atoms with van der Waals surface area (Å²) in [6.07, 6.45) is 15.7. The summed E-state index contributed by atoms with van der Waals surface area (Å²) >= 11 is 0. The van der Waals surface area contributed by atoms with Crippen LogP contribution in [0.5, 0.6) is 0 Å². The Kier molecular flexibility index (Phi) is 34.4. The van der Waals surface area contributed by atoms with E-state index in [4.69, 9.17) is 19.7 Å². The van der Waals surface area contributed by atoms with Crippen molar-refractivity contribution in [2.24, 2.45) is 0 Å². The molecule has 0 aromatic heterocycles. The molecule has 0 rings (SSSR count). The number of carboxylic acid groups (broad SMARTS) is 3. The number of carbonyl (C=O) groups is 5. The van der Waals surface area contributed by atoms with Gasteiger partial charge in [-0.25, -0.2) is 0 Å². The van der Waals surface area contributed by atoms with Crippen LogP contribution in [0.1, 0.15) is 187 Å². The summed E-state index contributed by atoms with van der Waals surface area (Å²) in [5.74, 6) is -3.44. The van der Waals surface area contributed by atoms with Crippen molar-refractivity contribution in [1.29, 1.82) is 0 Å². The van der Waals surface area contributed by atoms with E-state index >= 15 is 0 Å². The van der Waals surface area contributed by atoms with Gasteiger partial charge in [-0.15, -0.1) is 0 Å². The average molecular weight is 693 g/mol. The minimum absolute atomic E-state index is 0. The molecule has 280 valence electrons. The monoisotopic (exact) mass is 692 g/mol. The first-order valence-corrected chi connectivity index (χ1v) is 18.8. The first kappa shape index (κ1) is 49.0. The van der Waals surface area contributed by atoms with Crippen molar-refractivity contribution in [2.75, 3.05) is 0 Å². The molecule has 0 aliphatic heterocycles. The van der Waals surface area contributed by atoms with Gasteiger partial charge in [0.15, 0.2) is 0 Å². The third kappa shape index (κ3) is 34.2. The van der Waals surface area contributed by atoms with E-state index in [0.717, 1.165) is 89.9 Å². The summed E-state index contributed by atoms with van der Waals surface area (Å²) in [5.41, 5.74) is 0. The predicted molar refractivity (Wildman–Crippen MR) is 181 cm³/mol. The SMILES string of the molecule is CCCCCCC(O)CC(OC(=O)CCCCCCCC(=O)O)C(CCCCCCCC(=O)[O-])OC(=O)CCCCCCCCC(=O)O.[Li+]. The van der Waals surface area contributed by atoms with Crippen LogP contribution in [0.2, 0.25) is 0 Å². The molecule has 0 aromatic rings. The molecule has 49 heavy (non-hydrogen) atoms. The van der Waals surface area contributed by atoms with Crippen LogP contribution >= 0.6 is 0 Å². The Morgan fingerprint density at radius 3 is 1.33 bits per heavy atom. The number of carbonyl (C=O) groups excluding carboxylic acids is 3. The molecular formula is C37H65LiO11. The van der Waals surface area contributed by atoms with Crippen LogP contribution in [0.15, 0.2) is 0 Å². The van der Waals surface area contributed by atoms with Crippen LogP contribution in [0.3, 0.4) is 0 Å². The third-order valence-electron chi connectivity index (χ3n) is 8.54. The molecule has 3 N–H and O–H groups in total. The topological polar surface area (TPSA) is 188 Å². The quantitative estimate of drug-likeness (QED) is 0.0494. The van der Waals surface area contributed by atoms with Crippen molar-refractivity contribution in [1.82, 2.24) is 0 Å². The maximum atomic E-state index is 13.0. The minimum atomic E-state index is -1.06. The zero-order valence-electron chi connectivity index (χ0n) is 30.6. The summed E-state index contributed by atoms with van der Waals surface area (Å²) in [6, 6.07) is 0. The molecule has 0 spiro atoms. The minimum Gasteiger partial charge on any atom is -0.550 e. The van der Waals surface area contributed by atoms with Crippen molar-refractivity contribution in [3.63, 3.8) is 0 Å². The fourth-order valence-corrected chi connectivity index (χ4v) is 5.72. The van der Waals surface area contributed by atoms with Crippen LogP contribution in [-0.4, -0.2) is 63.5 Å². The second-order valence-corrected chi connectivity index (χ2v) is 13.2. The van der Waals surface area contributed by atoms with Crippen LogP contribution in [-0.2, 0) is 33.4 Å². The molecule has 3 unspecified atom stereocenters. The van der Waals surface area contributed by atoms with E-state index in [0.29, 0.717) is 51.4 Å². The average Bonchev–Trinajstić information content (AvgIpc) is 3.02. The molecule has 0 saturated heterocycles. The largest absolute Gasteiger partial charge is 1.00 e. The molecule has 0 aliphatic rings. The van der Waals surface area contributed by atoms with Crippen molar-refractivity contribution in [3.05, 3.63) is 0 Å². The fourth-order valence-electron chi connectivity index (χ4n) is 5.72. The summed E-state index contributed by atoms with van der Waals surface area (Å²) in [5, 5.41) is 39.1. The van der Waals surface area contributed by atoms with E-state index in [1.54, 1.807) is 0 Å². The number of rotatable bonds is 35. The molecule has 12 heteroatoms. The molecular weight excluding hydrogens is 627 g/mol. The van der Waals surface area contributed by atoms with Gasteiger partial charge in [-0.3, -0.25) is 19.2 Å². The summed E-state index contributed by atoms with van der Waals surface area (Å²) in [6.45, 7) is 2.12. The Bertz CT molecular complexity index is 867. The van der Waals surface area contributed by atoms with Crippen molar-refractivity contribution in [2.45, 2.75) is 205 Å². The van der Waals surface area contributed by atoms with Gasteiger partial charge in [-0.05, 0) is 57.8 Å². The van der Waals surface area contributed by atoms with Crippen molar-refractivity contribution in [3.8, 4) is 0 Å². The zero-order valence-corrected chi connectivity index (χ0v) is 30.6. The maximum Gasteiger partial charge on any atom is 1.00 e. The van der Waals surface area contributed by atoms with E-state index in [2.05, 4.69) is 6.92 Å². The second-order valence-electron chi connectivity index (χ2n) is 13.2. The van der Waals surface area contributed by atoms with Crippen LogP contribution in [0, 0.1) is 0 Å². The summed E-state index contributed by atoms with van der Waals surface area (Å²) in [7, 11) is 0. The molecule has 3 atom stereocenters. The van der Waals surface area contributed by atoms with Crippen LogP contribution in [0.25, 0.3) is 0 Å².